The summed E-state index contributed by atoms with van der Waals surface area (Å²) < 4.78 is 31.7. The van der Waals surface area contributed by atoms with Crippen LogP contribution < -0.4 is 5.73 Å². The highest BCUT2D eigenvalue weighted by atomic mass is 19.4. The Balaban J connectivity index is 0.000000441. The molecule has 1 aliphatic rings. The summed E-state index contributed by atoms with van der Waals surface area (Å²) in [5.41, 5.74) is 5.77. The first-order valence-corrected chi connectivity index (χ1v) is 6.54. The molecule has 0 unspecified atom stereocenters. The summed E-state index contributed by atoms with van der Waals surface area (Å²) >= 11 is 0. The van der Waals surface area contributed by atoms with Crippen molar-refractivity contribution >= 4 is 11.9 Å². The lowest BCUT2D eigenvalue weighted by Gasteiger charge is -2.29. The van der Waals surface area contributed by atoms with Gasteiger partial charge in [0.2, 0.25) is 5.91 Å². The molecule has 0 aromatic heterocycles. The summed E-state index contributed by atoms with van der Waals surface area (Å²) in [6.07, 6.45) is 0.262. The monoisotopic (exact) mass is 298 g/mol. The number of aliphatic carboxylic acids is 1. The largest absolute Gasteiger partial charge is 0.490 e. The van der Waals surface area contributed by atoms with E-state index in [4.69, 9.17) is 15.6 Å². The van der Waals surface area contributed by atoms with Gasteiger partial charge in [0.15, 0.2) is 0 Å². The average molecular weight is 298 g/mol. The van der Waals surface area contributed by atoms with Crippen LogP contribution >= 0.6 is 0 Å². The van der Waals surface area contributed by atoms with E-state index in [-0.39, 0.29) is 11.9 Å². The molecule has 1 aliphatic heterocycles. The molecule has 0 spiro atoms. The summed E-state index contributed by atoms with van der Waals surface area (Å²) in [4.78, 5) is 22.5. The van der Waals surface area contributed by atoms with Crippen LogP contribution in [0.4, 0.5) is 13.2 Å². The molecular weight excluding hydrogens is 277 g/mol. The molecule has 0 bridgehead atoms. The topological polar surface area (TPSA) is 83.6 Å². The van der Waals surface area contributed by atoms with Gasteiger partial charge in [-0.2, -0.15) is 13.2 Å². The van der Waals surface area contributed by atoms with Crippen molar-refractivity contribution in [2.45, 2.75) is 51.2 Å². The number of rotatable bonds is 3. The molecule has 1 rings (SSSR count). The van der Waals surface area contributed by atoms with Gasteiger partial charge in [-0.05, 0) is 25.7 Å². The number of hydrogen-bond acceptors (Lipinski definition) is 3. The molecular formula is C12H21F3N2O3. The molecule has 1 amide bonds. The van der Waals surface area contributed by atoms with Gasteiger partial charge in [-0.15, -0.1) is 0 Å². The number of likely N-dealkylation sites (tertiary alicyclic amines) is 1. The van der Waals surface area contributed by atoms with Crippen molar-refractivity contribution in [1.29, 1.82) is 0 Å². The van der Waals surface area contributed by atoms with Gasteiger partial charge in [-0.25, -0.2) is 4.79 Å². The molecule has 1 heterocycles. The van der Waals surface area contributed by atoms with Crippen LogP contribution in [0.2, 0.25) is 0 Å². The van der Waals surface area contributed by atoms with E-state index in [2.05, 4.69) is 6.92 Å². The summed E-state index contributed by atoms with van der Waals surface area (Å²) in [5, 5.41) is 7.12. The van der Waals surface area contributed by atoms with Crippen molar-refractivity contribution in [3.8, 4) is 0 Å². The normalized spacial score (nSPS) is 16.9. The fourth-order valence-corrected chi connectivity index (χ4v) is 1.78. The molecule has 1 atom stereocenters. The smallest absolute Gasteiger partial charge is 0.475 e. The maximum Gasteiger partial charge on any atom is 0.490 e. The average Bonchev–Trinajstić information content (AvgIpc) is 2.38. The highest BCUT2D eigenvalue weighted by Crippen LogP contribution is 2.13. The number of nitrogens with two attached hydrogens (primary N) is 1. The van der Waals surface area contributed by atoms with Crippen LogP contribution in [0.1, 0.15) is 39.0 Å². The first kappa shape index (κ1) is 18.7. The second-order valence-electron chi connectivity index (χ2n) is 4.58. The first-order valence-electron chi connectivity index (χ1n) is 6.54. The number of carboxylic acid groups (broad SMARTS) is 1. The Morgan fingerprint density at radius 2 is 1.70 bits per heavy atom. The predicted octanol–water partition coefficient (Wildman–Crippen LogP) is 1.76. The number of piperidine rings is 1. The van der Waals surface area contributed by atoms with E-state index in [1.165, 1.54) is 6.42 Å². The number of alkyl halides is 3. The molecule has 3 N–H and O–H groups in total. The summed E-state index contributed by atoms with van der Waals surface area (Å²) in [5.74, 6) is -2.60. The van der Waals surface area contributed by atoms with Crippen molar-refractivity contribution in [3.05, 3.63) is 0 Å². The number of carbonyl (C=O) groups is 2. The zero-order valence-corrected chi connectivity index (χ0v) is 11.4. The lowest BCUT2D eigenvalue weighted by molar-refractivity contribution is -0.192. The second kappa shape index (κ2) is 8.78. The van der Waals surface area contributed by atoms with Crippen LogP contribution in [0, 0.1) is 0 Å². The number of nitrogens with zero attached hydrogens (tertiary/aromatic N) is 1. The van der Waals surface area contributed by atoms with E-state index in [9.17, 15) is 18.0 Å². The molecule has 0 radical (unpaired) electrons. The van der Waals surface area contributed by atoms with E-state index in [1.54, 1.807) is 0 Å². The van der Waals surface area contributed by atoms with E-state index in [0.717, 1.165) is 38.8 Å². The molecule has 118 valence electrons. The van der Waals surface area contributed by atoms with Crippen LogP contribution in [0.25, 0.3) is 0 Å². The lowest BCUT2D eigenvalue weighted by atomic mass is 10.1. The van der Waals surface area contributed by atoms with Gasteiger partial charge in [0.25, 0.3) is 0 Å². The molecule has 0 aromatic carbocycles. The molecule has 0 aliphatic carbocycles. The van der Waals surface area contributed by atoms with Gasteiger partial charge in [-0.3, -0.25) is 4.79 Å². The van der Waals surface area contributed by atoms with Gasteiger partial charge < -0.3 is 15.7 Å². The minimum Gasteiger partial charge on any atom is -0.475 e. The molecule has 5 nitrogen and oxygen atoms in total. The number of halogens is 3. The maximum atomic E-state index is 11.7. The van der Waals surface area contributed by atoms with E-state index >= 15 is 0 Å². The summed E-state index contributed by atoms with van der Waals surface area (Å²) in [6.45, 7) is 3.88. The Morgan fingerprint density at radius 1 is 1.25 bits per heavy atom. The van der Waals surface area contributed by atoms with Gasteiger partial charge in [0.05, 0.1) is 6.04 Å². The van der Waals surface area contributed by atoms with Gasteiger partial charge in [-0.1, -0.05) is 13.3 Å². The summed E-state index contributed by atoms with van der Waals surface area (Å²) in [7, 11) is 0. The Bertz CT molecular complexity index is 316. The highest BCUT2D eigenvalue weighted by molar-refractivity contribution is 5.81. The molecule has 20 heavy (non-hydrogen) atoms. The van der Waals surface area contributed by atoms with E-state index in [1.807, 2.05) is 4.90 Å². The Labute approximate surface area is 115 Å². The SMILES string of the molecule is CCC[C@H](N)C(=O)N1CCCCC1.O=C(O)C(F)(F)F. The Hall–Kier alpha value is -1.31. The third-order valence-electron chi connectivity index (χ3n) is 2.83. The molecule has 8 heteroatoms. The minimum atomic E-state index is -5.08. The van der Waals surface area contributed by atoms with Crippen LogP contribution in [-0.2, 0) is 9.59 Å². The number of amides is 1. The second-order valence-corrected chi connectivity index (χ2v) is 4.58. The van der Waals surface area contributed by atoms with E-state index < -0.39 is 12.1 Å². The van der Waals surface area contributed by atoms with Crippen molar-refractivity contribution in [3.63, 3.8) is 0 Å². The zero-order chi connectivity index (χ0) is 15.8. The fraction of sp³-hybridized carbons (Fsp3) is 0.833. The van der Waals surface area contributed by atoms with Gasteiger partial charge in [0, 0.05) is 13.1 Å². The molecule has 1 fully saturated rings. The van der Waals surface area contributed by atoms with Crippen LogP contribution in [0.15, 0.2) is 0 Å². The quantitative estimate of drug-likeness (QED) is 0.831. The van der Waals surface area contributed by atoms with Crippen LogP contribution in [0.3, 0.4) is 0 Å². The maximum absolute atomic E-state index is 11.7. The van der Waals surface area contributed by atoms with Gasteiger partial charge >= 0.3 is 12.1 Å². The van der Waals surface area contributed by atoms with Crippen LogP contribution in [-0.4, -0.2) is 47.2 Å². The van der Waals surface area contributed by atoms with Crippen LogP contribution in [0.5, 0.6) is 0 Å². The summed E-state index contributed by atoms with van der Waals surface area (Å²) in [6, 6.07) is -0.261. The lowest BCUT2D eigenvalue weighted by Crippen LogP contribution is -2.45. The fourth-order valence-electron chi connectivity index (χ4n) is 1.78. The highest BCUT2D eigenvalue weighted by Gasteiger charge is 2.38. The van der Waals surface area contributed by atoms with Crippen molar-refractivity contribution in [1.82, 2.24) is 4.90 Å². The molecule has 0 saturated carbocycles. The number of carbonyl (C=O) groups excluding carboxylic acids is 1. The Morgan fingerprint density at radius 3 is 2.05 bits per heavy atom. The van der Waals surface area contributed by atoms with Crippen molar-refractivity contribution in [2.75, 3.05) is 13.1 Å². The minimum absolute atomic E-state index is 0.154. The van der Waals surface area contributed by atoms with Crippen molar-refractivity contribution in [2.24, 2.45) is 5.73 Å². The molecule has 1 saturated heterocycles. The third kappa shape index (κ3) is 7.32. The third-order valence-corrected chi connectivity index (χ3v) is 2.83. The van der Waals surface area contributed by atoms with Gasteiger partial charge in [0.1, 0.15) is 0 Å². The predicted molar refractivity (Wildman–Crippen MR) is 67.0 cm³/mol. The number of carboxylic acids is 1. The zero-order valence-electron chi connectivity index (χ0n) is 11.4. The molecule has 0 aromatic rings. The van der Waals surface area contributed by atoms with Crippen molar-refractivity contribution < 1.29 is 27.9 Å². The first-order chi connectivity index (χ1) is 9.20. The standard InChI is InChI=1S/C10H20N2O.C2HF3O2/c1-2-6-9(11)10(13)12-7-4-3-5-8-12;3-2(4,5)1(6)7/h9H,2-8,11H2,1H3;(H,6,7)/t9-;/m0./s1. The Kier molecular flexibility index (Phi) is 8.21. The van der Waals surface area contributed by atoms with E-state index in [0.29, 0.717) is 0 Å². The number of hydrogen-bond donors (Lipinski definition) is 2.